The van der Waals surface area contributed by atoms with E-state index in [-0.39, 0.29) is 17.1 Å². The van der Waals surface area contributed by atoms with E-state index in [0.29, 0.717) is 12.0 Å². The summed E-state index contributed by atoms with van der Waals surface area (Å²) in [7, 11) is 0. The number of para-hydroxylation sites is 2. The molecule has 35 heavy (non-hydrogen) atoms. The molecule has 0 radical (unpaired) electrons. The van der Waals surface area contributed by atoms with E-state index in [1.807, 2.05) is 123 Å². The number of nitrogens with one attached hydrogen (secondary N) is 1. The van der Waals surface area contributed by atoms with Crippen LogP contribution in [0.15, 0.2) is 114 Å². The molecule has 0 aliphatic rings. The minimum Gasteiger partial charge on any atom is -0.322 e. The van der Waals surface area contributed by atoms with Gasteiger partial charge in [0.25, 0.3) is 5.91 Å². The van der Waals surface area contributed by atoms with Gasteiger partial charge in [-0.25, -0.2) is 0 Å². The Morgan fingerprint density at radius 2 is 1.31 bits per heavy atom. The zero-order valence-electron chi connectivity index (χ0n) is 19.8. The summed E-state index contributed by atoms with van der Waals surface area (Å²) in [6, 6.07) is 34.6. The van der Waals surface area contributed by atoms with Crippen molar-refractivity contribution in [3.8, 4) is 0 Å². The third kappa shape index (κ3) is 6.19. The van der Waals surface area contributed by atoms with Crippen LogP contribution in [0, 0.1) is 6.92 Å². The van der Waals surface area contributed by atoms with Crippen molar-refractivity contribution in [3.63, 3.8) is 0 Å². The summed E-state index contributed by atoms with van der Waals surface area (Å²) in [6.45, 7) is 4.02. The van der Waals surface area contributed by atoms with Gasteiger partial charge in [0.2, 0.25) is 5.91 Å². The highest BCUT2D eigenvalue weighted by atomic mass is 32.2. The highest BCUT2D eigenvalue weighted by molar-refractivity contribution is 8.00. The molecular weight excluding hydrogens is 452 g/mol. The fourth-order valence-corrected chi connectivity index (χ4v) is 4.69. The quantitative estimate of drug-likeness (QED) is 0.266. The van der Waals surface area contributed by atoms with Gasteiger partial charge in [0, 0.05) is 27.5 Å². The molecule has 4 aromatic rings. The van der Waals surface area contributed by atoms with Gasteiger partial charge in [-0.1, -0.05) is 61.0 Å². The van der Waals surface area contributed by atoms with Crippen LogP contribution in [0.1, 0.15) is 29.3 Å². The maximum absolute atomic E-state index is 13.7. The summed E-state index contributed by atoms with van der Waals surface area (Å²) in [6.07, 6.45) is 0.686. The molecule has 4 rings (SSSR count). The molecule has 0 aliphatic carbocycles. The van der Waals surface area contributed by atoms with Crippen LogP contribution in [0.2, 0.25) is 0 Å². The zero-order valence-corrected chi connectivity index (χ0v) is 20.7. The third-order valence-electron chi connectivity index (χ3n) is 5.60. The highest BCUT2D eigenvalue weighted by Gasteiger charge is 2.26. The number of carbonyl (C=O) groups excluding carboxylic acids is 2. The van der Waals surface area contributed by atoms with Crippen molar-refractivity contribution >= 4 is 40.6 Å². The molecule has 5 heteroatoms. The molecule has 4 aromatic carbocycles. The molecule has 0 aromatic heterocycles. The van der Waals surface area contributed by atoms with E-state index in [1.165, 1.54) is 11.8 Å². The predicted molar refractivity (Wildman–Crippen MR) is 146 cm³/mol. The monoisotopic (exact) mass is 480 g/mol. The number of rotatable bonds is 8. The lowest BCUT2D eigenvalue weighted by Gasteiger charge is -2.27. The molecule has 0 saturated carbocycles. The van der Waals surface area contributed by atoms with Gasteiger partial charge in [-0.2, -0.15) is 0 Å². The molecule has 1 atom stereocenters. The largest absolute Gasteiger partial charge is 0.322 e. The Kier molecular flexibility index (Phi) is 8.01. The summed E-state index contributed by atoms with van der Waals surface area (Å²) < 4.78 is 0. The maximum Gasteiger partial charge on any atom is 0.255 e. The molecule has 0 spiro atoms. The van der Waals surface area contributed by atoms with Crippen molar-refractivity contribution in [2.45, 2.75) is 30.4 Å². The third-order valence-corrected chi connectivity index (χ3v) is 6.96. The molecule has 0 heterocycles. The van der Waals surface area contributed by atoms with E-state index in [2.05, 4.69) is 5.32 Å². The van der Waals surface area contributed by atoms with Crippen molar-refractivity contribution in [2.24, 2.45) is 0 Å². The summed E-state index contributed by atoms with van der Waals surface area (Å²) >= 11 is 1.54. The van der Waals surface area contributed by atoms with Crippen LogP contribution in [0.4, 0.5) is 17.1 Å². The molecule has 4 nitrogen and oxygen atoms in total. The van der Waals surface area contributed by atoms with Crippen LogP contribution in [-0.2, 0) is 4.79 Å². The van der Waals surface area contributed by atoms with E-state index in [0.717, 1.165) is 27.5 Å². The number of nitrogens with zero attached hydrogens (tertiary/aromatic N) is 1. The predicted octanol–water partition coefficient (Wildman–Crippen LogP) is 7.48. The minimum absolute atomic E-state index is 0.0339. The number of hydrogen-bond donors (Lipinski definition) is 1. The van der Waals surface area contributed by atoms with Gasteiger partial charge >= 0.3 is 0 Å². The lowest BCUT2D eigenvalue weighted by Crippen LogP contribution is -2.34. The van der Waals surface area contributed by atoms with Crippen LogP contribution in [-0.4, -0.2) is 17.1 Å². The van der Waals surface area contributed by atoms with Gasteiger partial charge in [0.05, 0.1) is 5.25 Å². The summed E-state index contributed by atoms with van der Waals surface area (Å²) in [4.78, 5) is 29.0. The zero-order chi connectivity index (χ0) is 24.6. The summed E-state index contributed by atoms with van der Waals surface area (Å²) in [5.41, 5.74) is 4.14. The van der Waals surface area contributed by atoms with Crippen LogP contribution in [0.3, 0.4) is 0 Å². The lowest BCUT2D eigenvalue weighted by atomic mass is 10.1. The van der Waals surface area contributed by atoms with Gasteiger partial charge in [0.15, 0.2) is 0 Å². The topological polar surface area (TPSA) is 49.4 Å². The van der Waals surface area contributed by atoms with Gasteiger partial charge in [-0.15, -0.1) is 11.8 Å². The lowest BCUT2D eigenvalue weighted by molar-refractivity contribution is -0.117. The Bertz CT molecular complexity index is 1220. The standard InChI is InChI=1S/C30H28N2O2S/c1-3-28(30(34)32(25-10-6-4-7-11-25)26-12-8-5-9-13-26)35-27-20-18-24(19-21-27)31-29(33)23-16-14-22(2)15-17-23/h4-21,28H,3H2,1-2H3,(H,31,33). The Morgan fingerprint density at radius 3 is 1.83 bits per heavy atom. The first kappa shape index (κ1) is 24.3. The van der Waals surface area contributed by atoms with Gasteiger partial charge in [0.1, 0.15) is 0 Å². The second kappa shape index (κ2) is 11.5. The SMILES string of the molecule is CCC(Sc1ccc(NC(=O)c2ccc(C)cc2)cc1)C(=O)N(c1ccccc1)c1ccccc1. The normalized spacial score (nSPS) is 11.5. The molecule has 1 N–H and O–H groups in total. The van der Waals surface area contributed by atoms with E-state index < -0.39 is 0 Å². The Hall–Kier alpha value is -3.83. The summed E-state index contributed by atoms with van der Waals surface area (Å²) in [5, 5.41) is 2.67. The second-order valence-electron chi connectivity index (χ2n) is 8.20. The first-order valence-corrected chi connectivity index (χ1v) is 12.5. The average Bonchev–Trinajstić information content (AvgIpc) is 2.90. The number of anilines is 3. The smallest absolute Gasteiger partial charge is 0.255 e. The Balaban J connectivity index is 1.48. The van der Waals surface area contributed by atoms with Crippen molar-refractivity contribution in [1.29, 1.82) is 0 Å². The van der Waals surface area contributed by atoms with Crippen molar-refractivity contribution in [3.05, 3.63) is 120 Å². The Morgan fingerprint density at radius 1 is 0.771 bits per heavy atom. The van der Waals surface area contributed by atoms with Gasteiger partial charge in [-0.05, 0) is 74.0 Å². The molecule has 176 valence electrons. The van der Waals surface area contributed by atoms with E-state index >= 15 is 0 Å². The van der Waals surface area contributed by atoms with Gasteiger partial charge in [-0.3, -0.25) is 14.5 Å². The number of aryl methyl sites for hydroxylation is 1. The first-order valence-electron chi connectivity index (χ1n) is 11.6. The van der Waals surface area contributed by atoms with Gasteiger partial charge < -0.3 is 5.32 Å². The number of benzene rings is 4. The molecule has 0 saturated heterocycles. The average molecular weight is 481 g/mol. The van der Waals surface area contributed by atoms with Crippen LogP contribution >= 0.6 is 11.8 Å². The molecule has 1 unspecified atom stereocenters. The molecule has 0 fully saturated rings. The van der Waals surface area contributed by atoms with E-state index in [4.69, 9.17) is 0 Å². The Labute approximate surface area is 211 Å². The molecular formula is C30H28N2O2S. The number of hydrogen-bond acceptors (Lipinski definition) is 3. The molecule has 0 aliphatic heterocycles. The fraction of sp³-hybridized carbons (Fsp3) is 0.133. The van der Waals surface area contributed by atoms with Crippen molar-refractivity contribution in [1.82, 2.24) is 0 Å². The number of thioether (sulfide) groups is 1. The van der Waals surface area contributed by atoms with Crippen molar-refractivity contribution in [2.75, 3.05) is 10.2 Å². The van der Waals surface area contributed by atoms with Crippen LogP contribution in [0.5, 0.6) is 0 Å². The van der Waals surface area contributed by atoms with Crippen LogP contribution in [0.25, 0.3) is 0 Å². The van der Waals surface area contributed by atoms with Crippen molar-refractivity contribution < 1.29 is 9.59 Å². The number of carbonyl (C=O) groups is 2. The number of amides is 2. The van der Waals surface area contributed by atoms with Crippen LogP contribution < -0.4 is 10.2 Å². The van der Waals surface area contributed by atoms with E-state index in [1.54, 1.807) is 4.90 Å². The molecule has 0 bridgehead atoms. The van der Waals surface area contributed by atoms with E-state index in [9.17, 15) is 9.59 Å². The molecule has 2 amide bonds. The first-order chi connectivity index (χ1) is 17.0. The minimum atomic E-state index is -0.261. The highest BCUT2D eigenvalue weighted by Crippen LogP contribution is 2.33. The second-order valence-corrected chi connectivity index (χ2v) is 9.48. The maximum atomic E-state index is 13.7. The summed E-state index contributed by atoms with van der Waals surface area (Å²) in [5.74, 6) is -0.111. The fourth-order valence-electron chi connectivity index (χ4n) is 3.70.